The van der Waals surface area contributed by atoms with E-state index in [1.807, 2.05) is 0 Å². The number of nitrogens with one attached hydrogen (secondary N) is 1. The number of unbranched alkanes of at least 4 members (excludes halogenated alkanes) is 1. The highest BCUT2D eigenvalue weighted by Crippen LogP contribution is 2.31. The van der Waals surface area contributed by atoms with Crippen LogP contribution in [-0.4, -0.2) is 34.4 Å². The average molecular weight is 353 g/mol. The minimum absolute atomic E-state index is 0.138. The molecule has 2 rings (SSSR count). The van der Waals surface area contributed by atoms with Crippen molar-refractivity contribution in [1.82, 2.24) is 14.9 Å². The third kappa shape index (κ3) is 4.56. The Morgan fingerprint density at radius 1 is 1.30 bits per heavy atom. The first-order valence-electron chi connectivity index (χ1n) is 7.31. The lowest BCUT2D eigenvalue weighted by atomic mass is 10.3. The first-order chi connectivity index (χ1) is 11.0. The lowest BCUT2D eigenvalue weighted by Crippen LogP contribution is -2.28. The van der Waals surface area contributed by atoms with E-state index < -0.39 is 0 Å². The van der Waals surface area contributed by atoms with Gasteiger partial charge in [0, 0.05) is 19.7 Å². The number of amides is 1. The van der Waals surface area contributed by atoms with E-state index >= 15 is 0 Å². The lowest BCUT2D eigenvalue weighted by molar-refractivity contribution is 0.0787. The largest absolute Gasteiger partial charge is 0.340 e. The summed E-state index contributed by atoms with van der Waals surface area (Å²) in [7, 11) is 1.76. The van der Waals surface area contributed by atoms with Gasteiger partial charge in [-0.15, -0.1) is 0 Å². The molecule has 1 heterocycles. The molecule has 23 heavy (non-hydrogen) atoms. The summed E-state index contributed by atoms with van der Waals surface area (Å²) >= 11 is 12.1. The molecule has 1 aromatic heterocycles. The molecule has 2 aromatic rings. The highest BCUT2D eigenvalue weighted by Gasteiger charge is 2.14. The zero-order valence-electron chi connectivity index (χ0n) is 13.0. The number of aromatic nitrogens is 2. The highest BCUT2D eigenvalue weighted by atomic mass is 35.5. The Morgan fingerprint density at radius 2 is 2.09 bits per heavy atom. The van der Waals surface area contributed by atoms with Crippen molar-refractivity contribution in [3.63, 3.8) is 0 Å². The van der Waals surface area contributed by atoms with Crippen molar-refractivity contribution in [3.05, 3.63) is 46.3 Å². The molecule has 1 amide bonds. The second-order valence-electron chi connectivity index (χ2n) is 5.10. The Labute approximate surface area is 145 Å². The van der Waals surface area contributed by atoms with E-state index in [4.69, 9.17) is 23.2 Å². The van der Waals surface area contributed by atoms with E-state index in [2.05, 4.69) is 22.2 Å². The summed E-state index contributed by atoms with van der Waals surface area (Å²) in [6, 6.07) is 6.86. The smallest absolute Gasteiger partial charge is 0.272 e. The van der Waals surface area contributed by atoms with E-state index in [1.165, 1.54) is 6.33 Å². The summed E-state index contributed by atoms with van der Waals surface area (Å²) in [6.45, 7) is 2.78. The summed E-state index contributed by atoms with van der Waals surface area (Å²) in [4.78, 5) is 22.2. The van der Waals surface area contributed by atoms with Gasteiger partial charge in [0.2, 0.25) is 0 Å². The van der Waals surface area contributed by atoms with Crippen LogP contribution in [0.3, 0.4) is 0 Å². The fourth-order valence-electron chi connectivity index (χ4n) is 1.97. The van der Waals surface area contributed by atoms with Crippen LogP contribution in [0.25, 0.3) is 0 Å². The standard InChI is InChI=1S/C16H18Cl2N4O/c1-3-4-8-22(2)16(23)13-9-14(20-10-19-13)21-12-7-5-6-11(17)15(12)18/h5-7,9-10H,3-4,8H2,1-2H3,(H,19,20,21). The van der Waals surface area contributed by atoms with Crippen LogP contribution in [0.4, 0.5) is 11.5 Å². The van der Waals surface area contributed by atoms with Gasteiger partial charge >= 0.3 is 0 Å². The molecule has 0 unspecified atom stereocenters. The van der Waals surface area contributed by atoms with Crippen LogP contribution in [-0.2, 0) is 0 Å². The summed E-state index contributed by atoms with van der Waals surface area (Å²) in [6.07, 6.45) is 3.33. The molecule has 0 saturated carbocycles. The van der Waals surface area contributed by atoms with E-state index in [1.54, 1.807) is 36.2 Å². The van der Waals surface area contributed by atoms with Gasteiger partial charge in [-0.3, -0.25) is 4.79 Å². The normalized spacial score (nSPS) is 10.4. The van der Waals surface area contributed by atoms with Gasteiger partial charge in [0.25, 0.3) is 5.91 Å². The number of rotatable bonds is 6. The van der Waals surface area contributed by atoms with Gasteiger partial charge in [-0.25, -0.2) is 9.97 Å². The second-order valence-corrected chi connectivity index (χ2v) is 5.88. The minimum Gasteiger partial charge on any atom is -0.340 e. The van der Waals surface area contributed by atoms with E-state index in [0.717, 1.165) is 12.8 Å². The van der Waals surface area contributed by atoms with Crippen LogP contribution in [0.1, 0.15) is 30.3 Å². The van der Waals surface area contributed by atoms with Gasteiger partial charge in [0.1, 0.15) is 17.8 Å². The number of carbonyl (C=O) groups is 1. The van der Waals surface area contributed by atoms with Crippen molar-refractivity contribution < 1.29 is 4.79 Å². The molecule has 1 aromatic carbocycles. The van der Waals surface area contributed by atoms with Crippen LogP contribution in [0, 0.1) is 0 Å². The maximum absolute atomic E-state index is 12.3. The lowest BCUT2D eigenvalue weighted by Gasteiger charge is -2.16. The van der Waals surface area contributed by atoms with Crippen molar-refractivity contribution in [1.29, 1.82) is 0 Å². The number of halogens is 2. The van der Waals surface area contributed by atoms with Gasteiger partial charge < -0.3 is 10.2 Å². The number of hydrogen-bond donors (Lipinski definition) is 1. The van der Waals surface area contributed by atoms with Crippen molar-refractivity contribution in [2.75, 3.05) is 18.9 Å². The van der Waals surface area contributed by atoms with Crippen LogP contribution < -0.4 is 5.32 Å². The number of anilines is 2. The van der Waals surface area contributed by atoms with Crippen molar-refractivity contribution in [2.24, 2.45) is 0 Å². The fraction of sp³-hybridized carbons (Fsp3) is 0.312. The van der Waals surface area contributed by atoms with E-state index in [9.17, 15) is 4.79 Å². The molecule has 0 aliphatic rings. The zero-order valence-corrected chi connectivity index (χ0v) is 14.5. The first kappa shape index (κ1) is 17.5. The number of benzene rings is 1. The Bertz CT molecular complexity index is 694. The molecule has 0 bridgehead atoms. The molecular formula is C16H18Cl2N4O. The van der Waals surface area contributed by atoms with E-state index in [-0.39, 0.29) is 5.91 Å². The molecule has 7 heteroatoms. The number of carbonyl (C=O) groups excluding carboxylic acids is 1. The Hall–Kier alpha value is -1.85. The fourth-order valence-corrected chi connectivity index (χ4v) is 2.32. The third-order valence-corrected chi connectivity index (χ3v) is 4.11. The topological polar surface area (TPSA) is 58.1 Å². The summed E-state index contributed by atoms with van der Waals surface area (Å²) in [5.74, 6) is 0.345. The Balaban J connectivity index is 2.16. The monoisotopic (exact) mass is 352 g/mol. The summed E-state index contributed by atoms with van der Waals surface area (Å²) in [5.41, 5.74) is 0.954. The SMILES string of the molecule is CCCCN(C)C(=O)c1cc(Nc2cccc(Cl)c2Cl)ncn1. The van der Waals surface area contributed by atoms with Gasteiger partial charge in [0.05, 0.1) is 15.7 Å². The van der Waals surface area contributed by atoms with Crippen LogP contribution in [0.15, 0.2) is 30.6 Å². The summed E-state index contributed by atoms with van der Waals surface area (Å²) in [5, 5.41) is 3.90. The maximum Gasteiger partial charge on any atom is 0.272 e. The van der Waals surface area contributed by atoms with Gasteiger partial charge in [-0.1, -0.05) is 42.6 Å². The molecule has 0 radical (unpaired) electrons. The number of hydrogen-bond acceptors (Lipinski definition) is 4. The molecule has 0 spiro atoms. The third-order valence-electron chi connectivity index (χ3n) is 3.29. The predicted octanol–water partition coefficient (Wildman–Crippen LogP) is 4.40. The molecule has 0 aliphatic carbocycles. The molecule has 0 saturated heterocycles. The second kappa shape index (κ2) is 8.13. The molecule has 0 atom stereocenters. The summed E-state index contributed by atoms with van der Waals surface area (Å²) < 4.78 is 0. The predicted molar refractivity (Wildman–Crippen MR) is 93.6 cm³/mol. The quantitative estimate of drug-likeness (QED) is 0.836. The zero-order chi connectivity index (χ0) is 16.8. The molecule has 0 fully saturated rings. The van der Waals surface area contributed by atoms with Crippen LogP contribution >= 0.6 is 23.2 Å². The van der Waals surface area contributed by atoms with Gasteiger partial charge in [0.15, 0.2) is 0 Å². The Kier molecular flexibility index (Phi) is 6.19. The molecule has 122 valence electrons. The van der Waals surface area contributed by atoms with Crippen molar-refractivity contribution in [3.8, 4) is 0 Å². The average Bonchev–Trinajstić information content (AvgIpc) is 2.56. The van der Waals surface area contributed by atoms with Crippen LogP contribution in [0.2, 0.25) is 10.0 Å². The first-order valence-corrected chi connectivity index (χ1v) is 8.07. The van der Waals surface area contributed by atoms with Crippen LogP contribution in [0.5, 0.6) is 0 Å². The van der Waals surface area contributed by atoms with E-state index in [0.29, 0.717) is 33.8 Å². The van der Waals surface area contributed by atoms with Gasteiger partial charge in [-0.2, -0.15) is 0 Å². The maximum atomic E-state index is 12.3. The van der Waals surface area contributed by atoms with Crippen molar-refractivity contribution in [2.45, 2.75) is 19.8 Å². The minimum atomic E-state index is -0.138. The molecule has 0 aliphatic heterocycles. The molecular weight excluding hydrogens is 335 g/mol. The molecule has 1 N–H and O–H groups in total. The van der Waals surface area contributed by atoms with Gasteiger partial charge in [-0.05, 0) is 18.6 Å². The van der Waals surface area contributed by atoms with Crippen molar-refractivity contribution >= 4 is 40.6 Å². The molecule has 5 nitrogen and oxygen atoms in total. The highest BCUT2D eigenvalue weighted by molar-refractivity contribution is 6.43. The number of nitrogens with zero attached hydrogens (tertiary/aromatic N) is 3. The Morgan fingerprint density at radius 3 is 2.83 bits per heavy atom.